The highest BCUT2D eigenvalue weighted by Crippen LogP contribution is 2.70. The van der Waals surface area contributed by atoms with Gasteiger partial charge in [-0.2, -0.15) is 0 Å². The van der Waals surface area contributed by atoms with E-state index in [-0.39, 0.29) is 11.3 Å². The molecule has 0 heterocycles. The second-order valence-corrected chi connectivity index (χ2v) is 20.9. The molecule has 0 radical (unpaired) electrons. The number of hydrogen-bond acceptors (Lipinski definition) is 2. The van der Waals surface area contributed by atoms with Gasteiger partial charge in [0, 0.05) is 51.6 Å². The van der Waals surface area contributed by atoms with E-state index in [0.717, 1.165) is 38.5 Å². The van der Waals surface area contributed by atoms with Crippen molar-refractivity contribution in [1.82, 2.24) is 0 Å². The number of benzene rings is 5. The van der Waals surface area contributed by atoms with Crippen LogP contribution in [0.1, 0.15) is 90.7 Å². The first-order valence-electron chi connectivity index (χ1n) is 26.2. The third-order valence-electron chi connectivity index (χ3n) is 17.3. The molecule has 5 aromatic rings. The van der Waals surface area contributed by atoms with Crippen LogP contribution in [0.4, 0.5) is 17.1 Å². The zero-order valence-corrected chi connectivity index (χ0v) is 40.3. The Balaban J connectivity index is 0.906. The Morgan fingerprint density at radius 2 is 1.37 bits per heavy atom. The van der Waals surface area contributed by atoms with Gasteiger partial charge in [0.1, 0.15) is 0 Å². The summed E-state index contributed by atoms with van der Waals surface area (Å²) >= 11 is 0. The predicted molar refractivity (Wildman–Crippen MR) is 294 cm³/mol. The lowest BCUT2D eigenvalue weighted by molar-refractivity contribution is 0.208. The molecule has 2 nitrogen and oxygen atoms in total. The van der Waals surface area contributed by atoms with Crippen molar-refractivity contribution >= 4 is 28.2 Å². The Bertz CT molecular complexity index is 3160. The maximum absolute atomic E-state index is 2.66. The van der Waals surface area contributed by atoms with Crippen LogP contribution in [-0.4, -0.2) is 6.04 Å². The van der Waals surface area contributed by atoms with Gasteiger partial charge < -0.3 is 9.80 Å². The van der Waals surface area contributed by atoms with Crippen molar-refractivity contribution in [2.24, 2.45) is 29.6 Å². The topological polar surface area (TPSA) is 6.48 Å². The van der Waals surface area contributed by atoms with Crippen molar-refractivity contribution in [1.29, 1.82) is 0 Å². The van der Waals surface area contributed by atoms with Crippen LogP contribution in [0.25, 0.3) is 11.1 Å². The normalized spacial score (nSPS) is 28.6. The van der Waals surface area contributed by atoms with Gasteiger partial charge in [-0.05, 0) is 149 Å². The van der Waals surface area contributed by atoms with Crippen molar-refractivity contribution in [2.45, 2.75) is 68.7 Å². The van der Waals surface area contributed by atoms with Crippen LogP contribution in [0.5, 0.6) is 0 Å². The lowest BCUT2D eigenvalue weighted by atomic mass is 9.58. The molecule has 8 aliphatic rings. The molecule has 13 rings (SSSR count). The lowest BCUT2D eigenvalue weighted by Gasteiger charge is -2.44. The van der Waals surface area contributed by atoms with Crippen LogP contribution in [0.3, 0.4) is 0 Å². The third kappa shape index (κ3) is 7.13. The first-order valence-corrected chi connectivity index (χ1v) is 26.2. The SMILES string of the molecule is CC1CC(N(c2ccc(C3=CC=CCC3)cc2)c2cccc3c2C2C=CC=CC2C32c3ccccc3C3C=CC(C4C=CC(N(c5ccccc5)C5C=CC=CC5)=CC4)CC32)=CC=C1c1ccccc1. The Morgan fingerprint density at radius 1 is 0.571 bits per heavy atom. The molecule has 0 bridgehead atoms. The highest BCUT2D eigenvalue weighted by Gasteiger charge is 2.63. The molecule has 8 aliphatic carbocycles. The fourth-order valence-electron chi connectivity index (χ4n) is 14.3. The lowest BCUT2D eigenvalue weighted by Crippen LogP contribution is -2.41. The maximum Gasteiger partial charge on any atom is 0.0559 e. The Hall–Kier alpha value is -7.16. The average Bonchev–Trinajstić information content (AvgIpc) is 3.90. The number of fused-ring (bicyclic) bond motifs is 10. The minimum atomic E-state index is -0.170. The van der Waals surface area contributed by atoms with E-state index in [0.29, 0.717) is 41.5 Å². The number of allylic oxidation sites excluding steroid dienone is 19. The smallest absolute Gasteiger partial charge is 0.0559 e. The monoisotopic (exact) mass is 906 g/mol. The van der Waals surface area contributed by atoms with E-state index in [1.807, 2.05) is 0 Å². The highest BCUT2D eigenvalue weighted by atomic mass is 15.2. The summed E-state index contributed by atoms with van der Waals surface area (Å²) in [5.41, 5.74) is 17.9. The van der Waals surface area contributed by atoms with Crippen molar-refractivity contribution in [3.63, 3.8) is 0 Å². The molecular weight excluding hydrogens is 845 g/mol. The van der Waals surface area contributed by atoms with E-state index in [1.165, 1.54) is 67.4 Å². The number of para-hydroxylation sites is 1. The molecule has 0 saturated carbocycles. The number of nitrogens with zero attached hydrogens (tertiary/aromatic N) is 2. The minimum absolute atomic E-state index is 0.170. The first-order chi connectivity index (χ1) is 34.6. The molecule has 0 fully saturated rings. The molecule has 344 valence electrons. The number of hydrogen-bond donors (Lipinski definition) is 0. The van der Waals surface area contributed by atoms with Gasteiger partial charge in [-0.3, -0.25) is 0 Å². The Kier molecular flexibility index (Phi) is 11.0. The van der Waals surface area contributed by atoms with E-state index < -0.39 is 0 Å². The van der Waals surface area contributed by atoms with Crippen LogP contribution >= 0.6 is 0 Å². The van der Waals surface area contributed by atoms with Gasteiger partial charge >= 0.3 is 0 Å². The minimum Gasteiger partial charge on any atom is -0.335 e. The van der Waals surface area contributed by atoms with E-state index >= 15 is 0 Å². The van der Waals surface area contributed by atoms with Crippen LogP contribution in [0.2, 0.25) is 0 Å². The summed E-state index contributed by atoms with van der Waals surface area (Å²) in [5.74, 6) is 2.61. The fourth-order valence-corrected chi connectivity index (χ4v) is 14.3. The average molecular weight is 907 g/mol. The van der Waals surface area contributed by atoms with Crippen LogP contribution < -0.4 is 9.80 Å². The number of anilines is 3. The van der Waals surface area contributed by atoms with Crippen molar-refractivity contribution < 1.29 is 0 Å². The van der Waals surface area contributed by atoms with Crippen LogP contribution in [0.15, 0.2) is 248 Å². The van der Waals surface area contributed by atoms with E-state index in [1.54, 1.807) is 5.56 Å². The zero-order chi connectivity index (χ0) is 46.6. The summed E-state index contributed by atoms with van der Waals surface area (Å²) in [6.07, 6.45) is 49.7. The fraction of sp³-hybridized carbons (Fsp3) is 0.235. The Labute approximate surface area is 415 Å². The van der Waals surface area contributed by atoms with Gasteiger partial charge in [0.25, 0.3) is 0 Å². The van der Waals surface area contributed by atoms with Gasteiger partial charge in [-0.1, -0.05) is 201 Å². The third-order valence-corrected chi connectivity index (χ3v) is 17.3. The molecule has 0 N–H and O–H groups in total. The summed E-state index contributed by atoms with van der Waals surface area (Å²) in [7, 11) is 0. The van der Waals surface area contributed by atoms with Gasteiger partial charge in [-0.25, -0.2) is 0 Å². The Morgan fingerprint density at radius 3 is 2.16 bits per heavy atom. The van der Waals surface area contributed by atoms with Crippen LogP contribution in [-0.2, 0) is 5.41 Å². The van der Waals surface area contributed by atoms with Crippen molar-refractivity contribution in [3.8, 4) is 0 Å². The molecular formula is C68H62N2. The van der Waals surface area contributed by atoms with Crippen LogP contribution in [0, 0.1) is 29.6 Å². The number of rotatable bonds is 9. The molecule has 0 aliphatic heterocycles. The second-order valence-electron chi connectivity index (χ2n) is 20.9. The van der Waals surface area contributed by atoms with E-state index in [4.69, 9.17) is 0 Å². The summed E-state index contributed by atoms with van der Waals surface area (Å²) in [6, 6.07) is 48.8. The predicted octanol–water partition coefficient (Wildman–Crippen LogP) is 16.8. The second kappa shape index (κ2) is 18.0. The summed E-state index contributed by atoms with van der Waals surface area (Å²) in [4.78, 5) is 5.20. The molecule has 70 heavy (non-hydrogen) atoms. The molecule has 0 aromatic heterocycles. The molecule has 2 heteroatoms. The van der Waals surface area contributed by atoms with Gasteiger partial charge in [0.05, 0.1) is 6.04 Å². The van der Waals surface area contributed by atoms with Gasteiger partial charge in [0.2, 0.25) is 0 Å². The summed E-state index contributed by atoms with van der Waals surface area (Å²) < 4.78 is 0. The standard InChI is InChI=1S/C68H62N2/c1-47-45-57(42-44-58(47)51-21-8-3-9-22-51)70(56-40-33-49(34-41-56)48-19-6-2-7-20-48)66-32-18-31-64-67(66)61-28-15-17-30-63(61)68(64)62-29-16-14-27-59(62)60-43-37-52(46-65(60)68)50-35-38-55(39-36-50)69(53-23-10-4-11-24-53)54-25-12-5-13-26-54/h2-6,8-19,21-25,27-35,37-44,47,50,52,54,60-61,63,65H,7,20,26,36,45-46H2,1H3. The summed E-state index contributed by atoms with van der Waals surface area (Å²) in [6.45, 7) is 2.41. The van der Waals surface area contributed by atoms with Crippen molar-refractivity contribution in [3.05, 3.63) is 282 Å². The van der Waals surface area contributed by atoms with E-state index in [9.17, 15) is 0 Å². The zero-order valence-electron chi connectivity index (χ0n) is 40.3. The van der Waals surface area contributed by atoms with Crippen molar-refractivity contribution in [2.75, 3.05) is 9.80 Å². The quantitative estimate of drug-likeness (QED) is 0.136. The maximum atomic E-state index is 2.66. The molecule has 9 unspecified atom stereocenters. The molecule has 0 amide bonds. The largest absolute Gasteiger partial charge is 0.335 e. The molecule has 0 saturated heterocycles. The summed E-state index contributed by atoms with van der Waals surface area (Å²) in [5, 5.41) is 0. The van der Waals surface area contributed by atoms with Gasteiger partial charge in [-0.15, -0.1) is 0 Å². The first kappa shape index (κ1) is 42.9. The highest BCUT2D eigenvalue weighted by molar-refractivity contribution is 5.81. The molecule has 5 aromatic carbocycles. The molecule has 9 atom stereocenters. The van der Waals surface area contributed by atoms with Gasteiger partial charge in [0.15, 0.2) is 0 Å². The van der Waals surface area contributed by atoms with E-state index in [2.05, 4.69) is 253 Å². The molecule has 1 spiro atoms.